The van der Waals surface area contributed by atoms with Crippen LogP contribution >= 0.6 is 11.3 Å². The van der Waals surface area contributed by atoms with Crippen molar-refractivity contribution in [1.82, 2.24) is 14.7 Å². The van der Waals surface area contributed by atoms with Gasteiger partial charge in [0.15, 0.2) is 11.3 Å². The average molecular weight is 389 g/mol. The SMILES string of the molecule is CCOC(CNC(=O)c1csc2nc(-c3cccc(OC)c3)cn12)OCC. The largest absolute Gasteiger partial charge is 0.497 e. The predicted molar refractivity (Wildman–Crippen MR) is 104 cm³/mol. The van der Waals surface area contributed by atoms with Crippen molar-refractivity contribution in [1.29, 1.82) is 0 Å². The molecule has 8 heteroatoms. The Balaban J connectivity index is 1.77. The van der Waals surface area contributed by atoms with Crippen molar-refractivity contribution < 1.29 is 19.0 Å². The number of fused-ring (bicyclic) bond motifs is 1. The summed E-state index contributed by atoms with van der Waals surface area (Å²) in [5, 5.41) is 4.66. The first-order chi connectivity index (χ1) is 13.2. The van der Waals surface area contributed by atoms with Crippen LogP contribution in [0.3, 0.4) is 0 Å². The summed E-state index contributed by atoms with van der Waals surface area (Å²) in [5.41, 5.74) is 2.25. The molecule has 0 atom stereocenters. The van der Waals surface area contributed by atoms with E-state index >= 15 is 0 Å². The molecule has 0 bridgehead atoms. The molecule has 0 saturated heterocycles. The van der Waals surface area contributed by atoms with Crippen LogP contribution in [0.25, 0.3) is 16.2 Å². The van der Waals surface area contributed by atoms with Gasteiger partial charge in [0, 0.05) is 30.4 Å². The van der Waals surface area contributed by atoms with Crippen LogP contribution < -0.4 is 10.1 Å². The summed E-state index contributed by atoms with van der Waals surface area (Å²) in [6.07, 6.45) is 1.41. The lowest BCUT2D eigenvalue weighted by molar-refractivity contribution is -0.131. The van der Waals surface area contributed by atoms with Crippen molar-refractivity contribution in [2.75, 3.05) is 26.9 Å². The number of nitrogens with one attached hydrogen (secondary N) is 1. The molecule has 144 valence electrons. The molecule has 2 aromatic heterocycles. The van der Waals surface area contributed by atoms with Gasteiger partial charge in [-0.25, -0.2) is 4.98 Å². The monoisotopic (exact) mass is 389 g/mol. The Morgan fingerprint density at radius 1 is 1.30 bits per heavy atom. The number of nitrogens with zero attached hydrogens (tertiary/aromatic N) is 2. The van der Waals surface area contributed by atoms with Crippen molar-refractivity contribution >= 4 is 22.2 Å². The third-order valence-corrected chi connectivity index (χ3v) is 4.78. The van der Waals surface area contributed by atoms with E-state index in [1.54, 1.807) is 16.9 Å². The van der Waals surface area contributed by atoms with Gasteiger partial charge in [0.1, 0.15) is 11.4 Å². The van der Waals surface area contributed by atoms with Crippen molar-refractivity contribution in [3.05, 3.63) is 41.5 Å². The smallest absolute Gasteiger partial charge is 0.269 e. The molecule has 0 fully saturated rings. The maximum Gasteiger partial charge on any atom is 0.269 e. The lowest BCUT2D eigenvalue weighted by Crippen LogP contribution is -2.35. The number of rotatable bonds is 9. The van der Waals surface area contributed by atoms with Gasteiger partial charge in [0.25, 0.3) is 5.91 Å². The fourth-order valence-electron chi connectivity index (χ4n) is 2.67. The van der Waals surface area contributed by atoms with E-state index in [0.29, 0.717) is 18.9 Å². The second kappa shape index (κ2) is 8.98. The minimum atomic E-state index is -0.451. The Kier molecular flexibility index (Phi) is 6.44. The van der Waals surface area contributed by atoms with Gasteiger partial charge in [0.2, 0.25) is 0 Å². The second-order valence-corrected chi connectivity index (χ2v) is 6.52. The number of ether oxygens (including phenoxy) is 3. The van der Waals surface area contributed by atoms with Crippen LogP contribution in [0, 0.1) is 0 Å². The molecule has 0 aliphatic heterocycles. The molecule has 0 aliphatic rings. The zero-order valence-corrected chi connectivity index (χ0v) is 16.4. The predicted octanol–water partition coefficient (Wildman–Crippen LogP) is 3.20. The van der Waals surface area contributed by atoms with Crippen molar-refractivity contribution in [2.45, 2.75) is 20.1 Å². The van der Waals surface area contributed by atoms with E-state index in [2.05, 4.69) is 10.3 Å². The molecule has 0 spiro atoms. The number of thiazole rings is 1. The summed E-state index contributed by atoms with van der Waals surface area (Å²) >= 11 is 1.42. The molecule has 1 N–H and O–H groups in total. The highest BCUT2D eigenvalue weighted by atomic mass is 32.1. The van der Waals surface area contributed by atoms with E-state index in [1.165, 1.54) is 11.3 Å². The van der Waals surface area contributed by atoms with Crippen molar-refractivity contribution in [3.8, 4) is 17.0 Å². The number of hydrogen-bond acceptors (Lipinski definition) is 6. The summed E-state index contributed by atoms with van der Waals surface area (Å²) < 4.78 is 18.0. The van der Waals surface area contributed by atoms with Gasteiger partial charge < -0.3 is 19.5 Å². The van der Waals surface area contributed by atoms with Crippen LogP contribution in [0.15, 0.2) is 35.8 Å². The normalized spacial score (nSPS) is 11.3. The summed E-state index contributed by atoms with van der Waals surface area (Å²) in [7, 11) is 1.63. The van der Waals surface area contributed by atoms with Crippen molar-refractivity contribution in [2.24, 2.45) is 0 Å². The molecule has 0 aliphatic carbocycles. The molecule has 3 rings (SSSR count). The third-order valence-electron chi connectivity index (χ3n) is 3.94. The molecule has 0 radical (unpaired) electrons. The first kappa shape index (κ1) is 19.3. The minimum absolute atomic E-state index is 0.194. The van der Waals surface area contributed by atoms with Gasteiger partial charge in [-0.2, -0.15) is 0 Å². The zero-order valence-electron chi connectivity index (χ0n) is 15.6. The topological polar surface area (TPSA) is 74.1 Å². The van der Waals surface area contributed by atoms with Gasteiger partial charge in [-0.05, 0) is 26.0 Å². The first-order valence-electron chi connectivity index (χ1n) is 8.78. The Bertz CT molecular complexity index is 899. The van der Waals surface area contributed by atoms with E-state index in [1.807, 2.05) is 44.3 Å². The third kappa shape index (κ3) is 4.47. The summed E-state index contributed by atoms with van der Waals surface area (Å²) in [6, 6.07) is 7.68. The lowest BCUT2D eigenvalue weighted by Gasteiger charge is -2.17. The van der Waals surface area contributed by atoms with Crippen LogP contribution in [-0.2, 0) is 9.47 Å². The van der Waals surface area contributed by atoms with Gasteiger partial charge in [-0.15, -0.1) is 11.3 Å². The number of carbonyl (C=O) groups is 1. The molecule has 3 aromatic rings. The minimum Gasteiger partial charge on any atom is -0.497 e. The molecule has 0 saturated carbocycles. The first-order valence-corrected chi connectivity index (χ1v) is 9.66. The van der Waals surface area contributed by atoms with E-state index in [4.69, 9.17) is 14.2 Å². The van der Waals surface area contributed by atoms with Gasteiger partial charge >= 0.3 is 0 Å². The molecular weight excluding hydrogens is 366 g/mol. The van der Waals surface area contributed by atoms with Gasteiger partial charge in [-0.3, -0.25) is 9.20 Å². The van der Waals surface area contributed by atoms with Gasteiger partial charge in [-0.1, -0.05) is 12.1 Å². The number of amides is 1. The van der Waals surface area contributed by atoms with Crippen LogP contribution in [0.4, 0.5) is 0 Å². The number of aromatic nitrogens is 2. The Morgan fingerprint density at radius 3 is 2.78 bits per heavy atom. The Morgan fingerprint density at radius 2 is 2.07 bits per heavy atom. The number of methoxy groups -OCH3 is 1. The zero-order chi connectivity index (χ0) is 19.2. The Hall–Kier alpha value is -2.42. The summed E-state index contributed by atoms with van der Waals surface area (Å²) in [6.45, 7) is 5.11. The highest BCUT2D eigenvalue weighted by Crippen LogP contribution is 2.26. The van der Waals surface area contributed by atoms with E-state index < -0.39 is 6.29 Å². The number of imidazole rings is 1. The maximum atomic E-state index is 12.6. The number of hydrogen-bond donors (Lipinski definition) is 1. The fraction of sp³-hybridized carbons (Fsp3) is 0.368. The molecular formula is C19H23N3O4S. The second-order valence-electron chi connectivity index (χ2n) is 5.68. The maximum absolute atomic E-state index is 12.6. The van der Waals surface area contributed by atoms with Gasteiger partial charge in [0.05, 0.1) is 19.3 Å². The number of carbonyl (C=O) groups excluding carboxylic acids is 1. The lowest BCUT2D eigenvalue weighted by atomic mass is 10.1. The van der Waals surface area contributed by atoms with Crippen LogP contribution in [-0.4, -0.2) is 48.5 Å². The molecule has 2 heterocycles. The van der Waals surface area contributed by atoms with Crippen LogP contribution in [0.1, 0.15) is 24.3 Å². The molecule has 7 nitrogen and oxygen atoms in total. The highest BCUT2D eigenvalue weighted by molar-refractivity contribution is 7.15. The highest BCUT2D eigenvalue weighted by Gasteiger charge is 2.17. The quantitative estimate of drug-likeness (QED) is 0.569. The van der Waals surface area contributed by atoms with Crippen LogP contribution in [0.5, 0.6) is 5.75 Å². The average Bonchev–Trinajstić information content (AvgIpc) is 3.27. The molecule has 0 unspecified atom stereocenters. The van der Waals surface area contributed by atoms with Crippen LogP contribution in [0.2, 0.25) is 0 Å². The molecule has 27 heavy (non-hydrogen) atoms. The molecule has 1 aromatic carbocycles. The molecule has 1 amide bonds. The summed E-state index contributed by atoms with van der Waals surface area (Å²) in [4.78, 5) is 18.0. The standard InChI is InChI=1S/C19H23N3O4S/c1-4-25-17(26-5-2)10-20-18(23)16-12-27-19-21-15(11-22(16)19)13-7-6-8-14(9-13)24-3/h6-9,11-12,17H,4-5,10H2,1-3H3,(H,20,23). The van der Waals surface area contributed by atoms with E-state index in [9.17, 15) is 4.79 Å². The summed E-state index contributed by atoms with van der Waals surface area (Å²) in [5.74, 6) is 0.569. The fourth-order valence-corrected chi connectivity index (χ4v) is 3.53. The van der Waals surface area contributed by atoms with E-state index in [-0.39, 0.29) is 12.5 Å². The van der Waals surface area contributed by atoms with Crippen molar-refractivity contribution in [3.63, 3.8) is 0 Å². The Labute approximate surface area is 161 Å². The van der Waals surface area contributed by atoms with E-state index in [0.717, 1.165) is 22.0 Å². The number of benzene rings is 1.